The van der Waals surface area contributed by atoms with Gasteiger partial charge in [0.2, 0.25) is 0 Å². The minimum Gasteiger partial charge on any atom is -0.346 e. The Balaban J connectivity index is 2.00. The van der Waals surface area contributed by atoms with Crippen LogP contribution in [0, 0.1) is 0 Å². The monoisotopic (exact) mass is 288 g/mol. The van der Waals surface area contributed by atoms with Crippen LogP contribution in [0.15, 0.2) is 5.38 Å². The molecule has 2 rings (SSSR count). The molecule has 5 nitrogen and oxygen atoms in total. The molecule has 7 heteroatoms. The van der Waals surface area contributed by atoms with Gasteiger partial charge in [0.25, 0.3) is 5.91 Å². The zero-order chi connectivity index (χ0) is 13.3. The van der Waals surface area contributed by atoms with Gasteiger partial charge in [-0.3, -0.25) is 4.79 Å². The molecular weight excluding hydrogens is 272 g/mol. The summed E-state index contributed by atoms with van der Waals surface area (Å²) >= 11 is 1.30. The molecule has 0 spiro atoms. The van der Waals surface area contributed by atoms with Gasteiger partial charge in [0, 0.05) is 11.4 Å². The lowest BCUT2D eigenvalue weighted by molar-refractivity contribution is 0.0940. The van der Waals surface area contributed by atoms with Gasteiger partial charge in [-0.1, -0.05) is 13.8 Å². The van der Waals surface area contributed by atoms with Crippen molar-refractivity contribution in [3.05, 3.63) is 16.1 Å². The fourth-order valence-corrected chi connectivity index (χ4v) is 4.37. The highest BCUT2D eigenvalue weighted by atomic mass is 32.2. The number of nitrogens with zero attached hydrogens (tertiary/aromatic N) is 1. The van der Waals surface area contributed by atoms with Crippen LogP contribution in [-0.4, -0.2) is 36.9 Å². The lowest BCUT2D eigenvalue weighted by atomic mass is 10.2. The second-order valence-corrected chi connectivity index (χ2v) is 7.89. The summed E-state index contributed by atoms with van der Waals surface area (Å²) in [5.74, 6) is 0.220. The first-order valence-corrected chi connectivity index (χ1v) is 8.54. The Morgan fingerprint density at radius 2 is 2.28 bits per heavy atom. The highest BCUT2D eigenvalue weighted by Crippen LogP contribution is 2.18. The van der Waals surface area contributed by atoms with Crippen LogP contribution in [0.4, 0.5) is 0 Å². The Kier molecular flexibility index (Phi) is 3.72. The highest BCUT2D eigenvalue weighted by molar-refractivity contribution is 7.91. The maximum atomic E-state index is 11.9. The number of carbonyl (C=O) groups is 1. The van der Waals surface area contributed by atoms with Crippen molar-refractivity contribution in [2.24, 2.45) is 0 Å². The van der Waals surface area contributed by atoms with E-state index < -0.39 is 9.84 Å². The van der Waals surface area contributed by atoms with Crippen LogP contribution in [0.1, 0.15) is 41.7 Å². The maximum absolute atomic E-state index is 11.9. The highest BCUT2D eigenvalue weighted by Gasteiger charge is 2.29. The number of carbonyl (C=O) groups excluding carboxylic acids is 1. The maximum Gasteiger partial charge on any atom is 0.280 e. The van der Waals surface area contributed by atoms with E-state index in [4.69, 9.17) is 0 Å². The summed E-state index contributed by atoms with van der Waals surface area (Å²) in [6.07, 6.45) is 0.497. The normalized spacial score (nSPS) is 22.3. The van der Waals surface area contributed by atoms with E-state index in [-0.39, 0.29) is 29.4 Å². The molecule has 1 N–H and O–H groups in total. The Morgan fingerprint density at radius 3 is 2.78 bits per heavy atom. The number of amides is 1. The van der Waals surface area contributed by atoms with Crippen LogP contribution in [0.3, 0.4) is 0 Å². The zero-order valence-electron chi connectivity index (χ0n) is 10.3. The van der Waals surface area contributed by atoms with E-state index in [2.05, 4.69) is 10.3 Å². The Hall–Kier alpha value is -0.950. The van der Waals surface area contributed by atoms with E-state index in [0.717, 1.165) is 5.69 Å². The van der Waals surface area contributed by atoms with Crippen LogP contribution in [-0.2, 0) is 9.84 Å². The van der Waals surface area contributed by atoms with Crippen molar-refractivity contribution < 1.29 is 13.2 Å². The first kappa shape index (κ1) is 13.5. The first-order chi connectivity index (χ1) is 8.37. The molecule has 1 amide bonds. The van der Waals surface area contributed by atoms with Gasteiger partial charge in [0.15, 0.2) is 14.8 Å². The lowest BCUT2D eigenvalue weighted by Crippen LogP contribution is -2.35. The van der Waals surface area contributed by atoms with Crippen molar-refractivity contribution in [3.8, 4) is 0 Å². The van der Waals surface area contributed by atoms with Gasteiger partial charge < -0.3 is 5.32 Å². The summed E-state index contributed by atoms with van der Waals surface area (Å²) in [6.45, 7) is 4.03. The molecule has 18 heavy (non-hydrogen) atoms. The fourth-order valence-electron chi connectivity index (χ4n) is 1.81. The summed E-state index contributed by atoms with van der Waals surface area (Å²) in [4.78, 5) is 16.1. The van der Waals surface area contributed by atoms with Crippen molar-refractivity contribution in [3.63, 3.8) is 0 Å². The van der Waals surface area contributed by atoms with Gasteiger partial charge in [-0.2, -0.15) is 0 Å². The number of nitrogens with one attached hydrogen (secondary N) is 1. The number of aromatic nitrogens is 1. The van der Waals surface area contributed by atoms with Crippen LogP contribution in [0.2, 0.25) is 0 Å². The van der Waals surface area contributed by atoms with Crippen molar-refractivity contribution in [2.75, 3.05) is 11.5 Å². The predicted octanol–water partition coefficient (Wildman–Crippen LogP) is 1.18. The third-order valence-corrected chi connectivity index (χ3v) is 5.50. The topological polar surface area (TPSA) is 76.1 Å². The molecule has 0 aromatic carbocycles. The van der Waals surface area contributed by atoms with Gasteiger partial charge >= 0.3 is 0 Å². The molecule has 1 aromatic rings. The van der Waals surface area contributed by atoms with Crippen molar-refractivity contribution in [2.45, 2.75) is 32.2 Å². The summed E-state index contributed by atoms with van der Waals surface area (Å²) in [6, 6.07) is -0.270. The SMILES string of the molecule is CC(C)c1csc(C(=O)NC2CCS(=O)(=O)C2)n1. The molecule has 0 saturated carbocycles. The summed E-state index contributed by atoms with van der Waals surface area (Å²) in [5, 5.41) is 5.00. The summed E-state index contributed by atoms with van der Waals surface area (Å²) < 4.78 is 22.6. The third kappa shape index (κ3) is 3.08. The van der Waals surface area contributed by atoms with Gasteiger partial charge in [-0.15, -0.1) is 11.3 Å². The number of thiazole rings is 1. The lowest BCUT2D eigenvalue weighted by Gasteiger charge is -2.08. The van der Waals surface area contributed by atoms with E-state index in [0.29, 0.717) is 11.4 Å². The Bertz CT molecular complexity index is 548. The van der Waals surface area contributed by atoms with Gasteiger partial charge in [-0.05, 0) is 12.3 Å². The van der Waals surface area contributed by atoms with Crippen LogP contribution in [0.25, 0.3) is 0 Å². The van der Waals surface area contributed by atoms with Crippen molar-refractivity contribution in [1.82, 2.24) is 10.3 Å². The third-order valence-electron chi connectivity index (χ3n) is 2.88. The van der Waals surface area contributed by atoms with Crippen LogP contribution >= 0.6 is 11.3 Å². The molecule has 1 aromatic heterocycles. The predicted molar refractivity (Wildman–Crippen MR) is 70.7 cm³/mol. The average molecular weight is 288 g/mol. The van der Waals surface area contributed by atoms with E-state index in [1.165, 1.54) is 11.3 Å². The number of rotatable bonds is 3. The molecule has 100 valence electrons. The molecule has 0 radical (unpaired) electrons. The van der Waals surface area contributed by atoms with Crippen LogP contribution in [0.5, 0.6) is 0 Å². The molecule has 0 aliphatic carbocycles. The second kappa shape index (κ2) is 4.97. The first-order valence-electron chi connectivity index (χ1n) is 5.84. The standard InChI is InChI=1S/C11H16N2O3S2/c1-7(2)9-5-17-11(13-9)10(14)12-8-3-4-18(15,16)6-8/h5,7-8H,3-4,6H2,1-2H3,(H,12,14). The Morgan fingerprint density at radius 1 is 1.56 bits per heavy atom. The molecule has 0 bridgehead atoms. The second-order valence-electron chi connectivity index (χ2n) is 4.81. The molecule has 1 fully saturated rings. The smallest absolute Gasteiger partial charge is 0.280 e. The minimum absolute atomic E-state index is 0.0428. The molecule has 1 unspecified atom stereocenters. The van der Waals surface area contributed by atoms with Gasteiger partial charge in [-0.25, -0.2) is 13.4 Å². The fraction of sp³-hybridized carbons (Fsp3) is 0.636. The molecular formula is C11H16N2O3S2. The van der Waals surface area contributed by atoms with Crippen LogP contribution < -0.4 is 5.32 Å². The van der Waals surface area contributed by atoms with E-state index in [1.54, 1.807) is 0 Å². The number of hydrogen-bond acceptors (Lipinski definition) is 5. The molecule has 1 saturated heterocycles. The van der Waals surface area contributed by atoms with E-state index in [1.807, 2.05) is 19.2 Å². The molecule has 1 atom stereocenters. The molecule has 1 aliphatic rings. The Labute approximate surface area is 111 Å². The number of sulfone groups is 1. The van der Waals surface area contributed by atoms with E-state index >= 15 is 0 Å². The van der Waals surface area contributed by atoms with Gasteiger partial charge in [0.05, 0.1) is 17.2 Å². The van der Waals surface area contributed by atoms with E-state index in [9.17, 15) is 13.2 Å². The largest absolute Gasteiger partial charge is 0.346 e. The van der Waals surface area contributed by atoms with Gasteiger partial charge in [0.1, 0.15) is 0 Å². The summed E-state index contributed by atoms with van der Waals surface area (Å²) in [7, 11) is -2.96. The summed E-state index contributed by atoms with van der Waals surface area (Å²) in [5.41, 5.74) is 0.893. The number of hydrogen-bond donors (Lipinski definition) is 1. The minimum atomic E-state index is -2.96. The van der Waals surface area contributed by atoms with Crippen molar-refractivity contribution in [1.29, 1.82) is 0 Å². The van der Waals surface area contributed by atoms with Crippen molar-refractivity contribution >= 4 is 27.1 Å². The molecule has 2 heterocycles. The molecule has 1 aliphatic heterocycles. The zero-order valence-corrected chi connectivity index (χ0v) is 12.0. The average Bonchev–Trinajstić information content (AvgIpc) is 2.85. The quantitative estimate of drug-likeness (QED) is 0.906.